The van der Waals surface area contributed by atoms with E-state index in [0.717, 1.165) is 32.7 Å². The van der Waals surface area contributed by atoms with Crippen LogP contribution >= 0.6 is 0 Å². The highest BCUT2D eigenvalue weighted by molar-refractivity contribution is 4.72. The van der Waals surface area contributed by atoms with Gasteiger partial charge in [-0.15, -0.1) is 0 Å². The predicted molar refractivity (Wildman–Crippen MR) is 49.0 cm³/mol. The van der Waals surface area contributed by atoms with Gasteiger partial charge in [0.25, 0.3) is 0 Å². The van der Waals surface area contributed by atoms with Gasteiger partial charge in [-0.05, 0) is 6.42 Å². The summed E-state index contributed by atoms with van der Waals surface area (Å²) in [4.78, 5) is 2.34. The van der Waals surface area contributed by atoms with Gasteiger partial charge in [0.1, 0.15) is 0 Å². The number of piperazine rings is 1. The quantitative estimate of drug-likeness (QED) is 0.489. The number of nitrogens with one attached hydrogen (secondary N) is 1. The fraction of sp³-hybridized carbons (Fsp3) is 1.00. The summed E-state index contributed by atoms with van der Waals surface area (Å²) in [6.07, 6.45) is 0.712. The van der Waals surface area contributed by atoms with Gasteiger partial charge in [0.05, 0.1) is 0 Å². The van der Waals surface area contributed by atoms with Gasteiger partial charge in [-0.1, -0.05) is 0 Å². The maximum absolute atomic E-state index is 8.66. The third-order valence-corrected chi connectivity index (χ3v) is 2.20. The summed E-state index contributed by atoms with van der Waals surface area (Å²) in [5, 5.41) is 11.9. The molecule has 72 valence electrons. The summed E-state index contributed by atoms with van der Waals surface area (Å²) in [6, 6.07) is 0.132. The zero-order valence-electron chi connectivity index (χ0n) is 7.50. The second-order valence-corrected chi connectivity index (χ2v) is 3.32. The zero-order valence-corrected chi connectivity index (χ0v) is 7.50. The van der Waals surface area contributed by atoms with E-state index in [1.165, 1.54) is 0 Å². The maximum Gasteiger partial charge on any atom is 0.0446 e. The Morgan fingerprint density at radius 3 is 2.67 bits per heavy atom. The lowest BCUT2D eigenvalue weighted by molar-refractivity contribution is 0.206. The van der Waals surface area contributed by atoms with Gasteiger partial charge in [0, 0.05) is 45.4 Å². The molecular weight excluding hydrogens is 154 g/mol. The molecule has 12 heavy (non-hydrogen) atoms. The minimum absolute atomic E-state index is 0.132. The van der Waals surface area contributed by atoms with Crippen LogP contribution in [0.4, 0.5) is 0 Å². The average Bonchev–Trinajstić information content (AvgIpc) is 2.06. The lowest BCUT2D eigenvalue weighted by atomic mass is 10.2. The molecule has 1 atom stereocenters. The van der Waals surface area contributed by atoms with E-state index < -0.39 is 0 Å². The summed E-state index contributed by atoms with van der Waals surface area (Å²) >= 11 is 0. The van der Waals surface area contributed by atoms with E-state index in [1.54, 1.807) is 0 Å². The molecule has 0 bridgehead atoms. The molecule has 0 aromatic heterocycles. The van der Waals surface area contributed by atoms with Crippen LogP contribution in [0.3, 0.4) is 0 Å². The topological polar surface area (TPSA) is 61.5 Å². The van der Waals surface area contributed by atoms with E-state index >= 15 is 0 Å². The van der Waals surface area contributed by atoms with Crippen molar-refractivity contribution in [2.45, 2.75) is 12.5 Å². The van der Waals surface area contributed by atoms with E-state index in [0.29, 0.717) is 6.42 Å². The lowest BCUT2D eigenvalue weighted by Gasteiger charge is -2.29. The van der Waals surface area contributed by atoms with Crippen LogP contribution in [-0.4, -0.2) is 55.4 Å². The number of rotatable bonds is 4. The standard InChI is InChI=1S/C8H19N3O/c9-8(1-6-12)7-11-4-2-10-3-5-11/h8,10,12H,1-7,9H2. The SMILES string of the molecule is NC(CCO)CN1CCNCC1. The minimum atomic E-state index is 0.132. The molecule has 1 aliphatic heterocycles. The summed E-state index contributed by atoms with van der Waals surface area (Å²) in [6.45, 7) is 5.41. The van der Waals surface area contributed by atoms with Gasteiger partial charge in [0.15, 0.2) is 0 Å². The normalized spacial score (nSPS) is 22.5. The number of nitrogens with zero attached hydrogens (tertiary/aromatic N) is 1. The summed E-state index contributed by atoms with van der Waals surface area (Å²) in [5.74, 6) is 0. The van der Waals surface area contributed by atoms with Crippen LogP contribution < -0.4 is 11.1 Å². The van der Waals surface area contributed by atoms with Crippen molar-refractivity contribution in [2.24, 2.45) is 5.73 Å². The van der Waals surface area contributed by atoms with Crippen molar-refractivity contribution >= 4 is 0 Å². The van der Waals surface area contributed by atoms with Crippen molar-refractivity contribution < 1.29 is 5.11 Å². The number of aliphatic hydroxyl groups excluding tert-OH is 1. The molecule has 1 aliphatic rings. The van der Waals surface area contributed by atoms with Crippen molar-refractivity contribution in [3.8, 4) is 0 Å². The molecule has 1 unspecified atom stereocenters. The highest BCUT2D eigenvalue weighted by Gasteiger charge is 2.12. The Hall–Kier alpha value is -0.160. The van der Waals surface area contributed by atoms with Crippen LogP contribution in [-0.2, 0) is 0 Å². The minimum Gasteiger partial charge on any atom is -0.396 e. The van der Waals surface area contributed by atoms with Gasteiger partial charge in [0.2, 0.25) is 0 Å². The fourth-order valence-electron chi connectivity index (χ4n) is 1.48. The van der Waals surface area contributed by atoms with Crippen LogP contribution in [0.25, 0.3) is 0 Å². The van der Waals surface area contributed by atoms with E-state index in [9.17, 15) is 0 Å². The van der Waals surface area contributed by atoms with E-state index in [2.05, 4.69) is 10.2 Å². The molecule has 0 radical (unpaired) electrons. The molecule has 0 saturated carbocycles. The van der Waals surface area contributed by atoms with E-state index in [-0.39, 0.29) is 12.6 Å². The molecule has 1 heterocycles. The largest absolute Gasteiger partial charge is 0.396 e. The molecular formula is C8H19N3O. The lowest BCUT2D eigenvalue weighted by Crippen LogP contribution is -2.48. The third-order valence-electron chi connectivity index (χ3n) is 2.20. The molecule has 1 fully saturated rings. The highest BCUT2D eigenvalue weighted by Crippen LogP contribution is 1.95. The molecule has 0 amide bonds. The summed E-state index contributed by atoms with van der Waals surface area (Å²) in [7, 11) is 0. The van der Waals surface area contributed by atoms with Gasteiger partial charge in [-0.3, -0.25) is 4.90 Å². The molecule has 4 N–H and O–H groups in total. The van der Waals surface area contributed by atoms with Crippen LogP contribution in [0.2, 0.25) is 0 Å². The van der Waals surface area contributed by atoms with Crippen molar-refractivity contribution in [1.82, 2.24) is 10.2 Å². The average molecular weight is 173 g/mol. The molecule has 0 spiro atoms. The number of aliphatic hydroxyl groups is 1. The molecule has 0 aromatic rings. The summed E-state index contributed by atoms with van der Waals surface area (Å²) in [5.41, 5.74) is 5.79. The maximum atomic E-state index is 8.66. The summed E-state index contributed by atoms with van der Waals surface area (Å²) < 4.78 is 0. The first-order chi connectivity index (χ1) is 5.83. The predicted octanol–water partition coefficient (Wildman–Crippen LogP) is -1.40. The molecule has 0 aliphatic carbocycles. The van der Waals surface area contributed by atoms with Crippen LogP contribution in [0, 0.1) is 0 Å². The van der Waals surface area contributed by atoms with Crippen molar-refractivity contribution in [1.29, 1.82) is 0 Å². The molecule has 4 heteroatoms. The van der Waals surface area contributed by atoms with Crippen molar-refractivity contribution in [2.75, 3.05) is 39.3 Å². The van der Waals surface area contributed by atoms with Crippen LogP contribution in [0.5, 0.6) is 0 Å². The first kappa shape index (κ1) is 9.92. The Labute approximate surface area is 73.7 Å². The molecule has 4 nitrogen and oxygen atoms in total. The Balaban J connectivity index is 2.11. The van der Waals surface area contributed by atoms with Crippen LogP contribution in [0.15, 0.2) is 0 Å². The van der Waals surface area contributed by atoms with Crippen LogP contribution in [0.1, 0.15) is 6.42 Å². The van der Waals surface area contributed by atoms with Gasteiger partial charge in [-0.25, -0.2) is 0 Å². The smallest absolute Gasteiger partial charge is 0.0446 e. The monoisotopic (exact) mass is 173 g/mol. The van der Waals surface area contributed by atoms with E-state index in [1.807, 2.05) is 0 Å². The first-order valence-electron chi connectivity index (χ1n) is 4.62. The first-order valence-corrected chi connectivity index (χ1v) is 4.62. The Morgan fingerprint density at radius 2 is 2.08 bits per heavy atom. The number of nitrogens with two attached hydrogens (primary N) is 1. The number of hydrogen-bond acceptors (Lipinski definition) is 4. The second kappa shape index (κ2) is 5.48. The van der Waals surface area contributed by atoms with Crippen molar-refractivity contribution in [3.63, 3.8) is 0 Å². The van der Waals surface area contributed by atoms with Gasteiger partial charge < -0.3 is 16.2 Å². The third kappa shape index (κ3) is 3.49. The zero-order chi connectivity index (χ0) is 8.81. The number of hydrogen-bond donors (Lipinski definition) is 3. The molecule has 0 aromatic carbocycles. The van der Waals surface area contributed by atoms with Crippen molar-refractivity contribution in [3.05, 3.63) is 0 Å². The molecule has 1 saturated heterocycles. The van der Waals surface area contributed by atoms with Gasteiger partial charge in [-0.2, -0.15) is 0 Å². The Kier molecular flexibility index (Phi) is 4.53. The van der Waals surface area contributed by atoms with E-state index in [4.69, 9.17) is 10.8 Å². The Morgan fingerprint density at radius 1 is 1.42 bits per heavy atom. The Bertz CT molecular complexity index is 115. The van der Waals surface area contributed by atoms with Gasteiger partial charge >= 0.3 is 0 Å². The fourth-order valence-corrected chi connectivity index (χ4v) is 1.48. The molecule has 1 rings (SSSR count). The highest BCUT2D eigenvalue weighted by atomic mass is 16.3. The second-order valence-electron chi connectivity index (χ2n) is 3.32.